The zero-order chi connectivity index (χ0) is 18.6. The Balaban J connectivity index is 1.60. The number of nitrogens with zero attached hydrogens (tertiary/aromatic N) is 3. The molecule has 2 aromatic heterocycles. The second kappa shape index (κ2) is 8.11. The van der Waals surface area contributed by atoms with Gasteiger partial charge in [0, 0.05) is 31.4 Å². The molecule has 27 heavy (non-hydrogen) atoms. The second-order valence-corrected chi connectivity index (χ2v) is 7.37. The molecule has 1 saturated heterocycles. The lowest BCUT2D eigenvalue weighted by Gasteiger charge is -2.13. The first-order chi connectivity index (χ1) is 13.2. The van der Waals surface area contributed by atoms with Crippen molar-refractivity contribution in [2.75, 3.05) is 13.1 Å². The fraction of sp³-hybridized carbons (Fsp3) is 0.409. The summed E-state index contributed by atoms with van der Waals surface area (Å²) < 4.78 is 7.55. The van der Waals surface area contributed by atoms with E-state index < -0.39 is 0 Å². The summed E-state index contributed by atoms with van der Waals surface area (Å²) in [5, 5.41) is 14.6. The van der Waals surface area contributed by atoms with E-state index in [1.54, 1.807) is 6.26 Å². The average molecular weight is 365 g/mol. The Bertz CT molecular complexity index is 852. The summed E-state index contributed by atoms with van der Waals surface area (Å²) in [5.74, 6) is 0.781. The van der Waals surface area contributed by atoms with Crippen LogP contribution in [-0.2, 0) is 13.0 Å². The SMILES string of the molecule is CCCCc1ccc(-n2cc(CN3CCC(O)C3)c(-c3ccco3)n2)cc1. The van der Waals surface area contributed by atoms with E-state index in [1.165, 1.54) is 18.4 Å². The molecule has 1 aliphatic rings. The van der Waals surface area contributed by atoms with Gasteiger partial charge in [-0.25, -0.2) is 4.68 Å². The molecular formula is C22H27N3O2. The first-order valence-electron chi connectivity index (χ1n) is 9.85. The minimum absolute atomic E-state index is 0.220. The molecule has 5 heteroatoms. The molecule has 1 aromatic carbocycles. The largest absolute Gasteiger partial charge is 0.463 e. The molecule has 1 aliphatic heterocycles. The number of aliphatic hydroxyl groups excluding tert-OH is 1. The summed E-state index contributed by atoms with van der Waals surface area (Å²) in [6, 6.07) is 12.5. The van der Waals surface area contributed by atoms with Gasteiger partial charge in [0.2, 0.25) is 0 Å². The normalized spacial score (nSPS) is 17.6. The molecule has 142 valence electrons. The molecule has 1 atom stereocenters. The predicted octanol–water partition coefficient (Wildman–Crippen LogP) is 4.04. The van der Waals surface area contributed by atoms with Crippen LogP contribution in [0.5, 0.6) is 0 Å². The van der Waals surface area contributed by atoms with Crippen LogP contribution >= 0.6 is 0 Å². The van der Waals surface area contributed by atoms with Crippen molar-refractivity contribution in [2.45, 2.75) is 45.3 Å². The molecule has 1 unspecified atom stereocenters. The zero-order valence-corrected chi connectivity index (χ0v) is 15.8. The molecule has 3 heterocycles. The van der Waals surface area contributed by atoms with E-state index in [2.05, 4.69) is 42.3 Å². The van der Waals surface area contributed by atoms with Crippen molar-refractivity contribution in [1.29, 1.82) is 0 Å². The van der Waals surface area contributed by atoms with Crippen molar-refractivity contribution in [1.82, 2.24) is 14.7 Å². The van der Waals surface area contributed by atoms with E-state index in [0.29, 0.717) is 0 Å². The highest BCUT2D eigenvalue weighted by Crippen LogP contribution is 2.26. The maximum absolute atomic E-state index is 9.82. The quantitative estimate of drug-likeness (QED) is 0.686. The van der Waals surface area contributed by atoms with Gasteiger partial charge >= 0.3 is 0 Å². The number of benzene rings is 1. The van der Waals surface area contributed by atoms with Gasteiger partial charge in [-0.1, -0.05) is 25.5 Å². The van der Waals surface area contributed by atoms with Crippen molar-refractivity contribution in [3.8, 4) is 17.1 Å². The highest BCUT2D eigenvalue weighted by Gasteiger charge is 2.23. The van der Waals surface area contributed by atoms with Crippen LogP contribution < -0.4 is 0 Å². The number of hydrogen-bond acceptors (Lipinski definition) is 4. The third-order valence-electron chi connectivity index (χ3n) is 5.21. The molecule has 1 fully saturated rings. The Kier molecular flexibility index (Phi) is 5.41. The van der Waals surface area contributed by atoms with E-state index in [-0.39, 0.29) is 6.10 Å². The number of aliphatic hydroxyl groups is 1. The average Bonchev–Trinajstić information content (AvgIpc) is 3.42. The lowest BCUT2D eigenvalue weighted by atomic mass is 10.1. The number of furan rings is 1. The number of aryl methyl sites for hydroxylation is 1. The zero-order valence-electron chi connectivity index (χ0n) is 15.8. The fourth-order valence-electron chi connectivity index (χ4n) is 3.67. The van der Waals surface area contributed by atoms with Gasteiger partial charge in [-0.15, -0.1) is 0 Å². The Morgan fingerprint density at radius 3 is 2.74 bits per heavy atom. The van der Waals surface area contributed by atoms with E-state index in [9.17, 15) is 5.11 Å². The summed E-state index contributed by atoms with van der Waals surface area (Å²) in [6.07, 6.45) is 7.93. The molecule has 0 saturated carbocycles. The highest BCUT2D eigenvalue weighted by molar-refractivity contribution is 5.57. The van der Waals surface area contributed by atoms with Gasteiger partial charge in [0.05, 0.1) is 18.1 Å². The van der Waals surface area contributed by atoms with E-state index in [0.717, 1.165) is 55.2 Å². The monoisotopic (exact) mass is 365 g/mol. The van der Waals surface area contributed by atoms with Gasteiger partial charge in [0.15, 0.2) is 5.76 Å². The summed E-state index contributed by atoms with van der Waals surface area (Å²) >= 11 is 0. The van der Waals surface area contributed by atoms with Gasteiger partial charge < -0.3 is 9.52 Å². The highest BCUT2D eigenvalue weighted by atomic mass is 16.3. The van der Waals surface area contributed by atoms with Gasteiger partial charge in [-0.2, -0.15) is 5.10 Å². The molecule has 0 radical (unpaired) electrons. The van der Waals surface area contributed by atoms with E-state index in [4.69, 9.17) is 9.52 Å². The Morgan fingerprint density at radius 1 is 1.22 bits per heavy atom. The van der Waals surface area contributed by atoms with Crippen LogP contribution in [0.15, 0.2) is 53.3 Å². The number of likely N-dealkylation sites (tertiary alicyclic amines) is 1. The van der Waals surface area contributed by atoms with Crippen molar-refractivity contribution >= 4 is 0 Å². The number of hydrogen-bond donors (Lipinski definition) is 1. The molecule has 0 spiro atoms. The maximum atomic E-state index is 9.82. The number of β-amino-alcohol motifs (C(OH)–C–C–N with tert-alkyl or cyclic N) is 1. The Labute approximate surface area is 160 Å². The van der Waals surface area contributed by atoms with Crippen LogP contribution in [0, 0.1) is 0 Å². The standard InChI is InChI=1S/C22H27N3O2/c1-2-3-5-17-7-9-19(10-8-17)25-15-18(14-24-12-11-20(26)16-24)22(23-25)21-6-4-13-27-21/h4,6-10,13,15,20,26H,2-3,5,11-12,14,16H2,1H3. The number of rotatable bonds is 7. The summed E-state index contributed by atoms with van der Waals surface area (Å²) in [5.41, 5.74) is 4.41. The Hall–Kier alpha value is -2.37. The molecule has 0 aliphatic carbocycles. The van der Waals surface area contributed by atoms with Crippen LogP contribution in [0.4, 0.5) is 0 Å². The fourth-order valence-corrected chi connectivity index (χ4v) is 3.67. The van der Waals surface area contributed by atoms with Gasteiger partial charge in [-0.05, 0) is 49.1 Å². The van der Waals surface area contributed by atoms with Crippen LogP contribution in [0.1, 0.15) is 37.3 Å². The van der Waals surface area contributed by atoms with Gasteiger partial charge in [-0.3, -0.25) is 4.90 Å². The molecule has 1 N–H and O–H groups in total. The van der Waals surface area contributed by atoms with Crippen molar-refractivity contribution in [3.63, 3.8) is 0 Å². The smallest absolute Gasteiger partial charge is 0.154 e. The van der Waals surface area contributed by atoms with Gasteiger partial charge in [0.25, 0.3) is 0 Å². The molecule has 5 nitrogen and oxygen atoms in total. The first kappa shape index (κ1) is 18.0. The third-order valence-corrected chi connectivity index (χ3v) is 5.21. The molecule has 3 aromatic rings. The lowest BCUT2D eigenvalue weighted by Crippen LogP contribution is -2.21. The molecule has 4 rings (SSSR count). The minimum Gasteiger partial charge on any atom is -0.463 e. The van der Waals surface area contributed by atoms with E-state index in [1.807, 2.05) is 16.8 Å². The van der Waals surface area contributed by atoms with Gasteiger partial charge in [0.1, 0.15) is 5.69 Å². The minimum atomic E-state index is -0.220. The predicted molar refractivity (Wildman–Crippen MR) is 106 cm³/mol. The third kappa shape index (κ3) is 4.15. The van der Waals surface area contributed by atoms with Crippen molar-refractivity contribution in [3.05, 3.63) is 60.0 Å². The molecular weight excluding hydrogens is 338 g/mol. The summed E-state index contributed by atoms with van der Waals surface area (Å²) in [4.78, 5) is 2.27. The van der Waals surface area contributed by atoms with Crippen LogP contribution in [0.3, 0.4) is 0 Å². The summed E-state index contributed by atoms with van der Waals surface area (Å²) in [6.45, 7) is 4.61. The van der Waals surface area contributed by atoms with Crippen molar-refractivity contribution in [2.24, 2.45) is 0 Å². The van der Waals surface area contributed by atoms with E-state index >= 15 is 0 Å². The molecule has 0 amide bonds. The number of unbranched alkanes of at least 4 members (excludes halogenated alkanes) is 1. The first-order valence-corrected chi connectivity index (χ1v) is 9.85. The maximum Gasteiger partial charge on any atom is 0.154 e. The van der Waals surface area contributed by atoms with Crippen LogP contribution in [-0.4, -0.2) is 39.0 Å². The van der Waals surface area contributed by atoms with Crippen LogP contribution in [0.2, 0.25) is 0 Å². The van der Waals surface area contributed by atoms with Crippen molar-refractivity contribution < 1.29 is 9.52 Å². The lowest BCUT2D eigenvalue weighted by molar-refractivity contribution is 0.175. The Morgan fingerprint density at radius 2 is 2.07 bits per heavy atom. The number of aromatic nitrogens is 2. The topological polar surface area (TPSA) is 54.4 Å². The summed E-state index contributed by atoms with van der Waals surface area (Å²) in [7, 11) is 0. The second-order valence-electron chi connectivity index (χ2n) is 7.37. The molecule has 0 bridgehead atoms. The van der Waals surface area contributed by atoms with Crippen LogP contribution in [0.25, 0.3) is 17.1 Å².